The third kappa shape index (κ3) is 3.23. The molecular formula is C16H13FO3. The van der Waals surface area contributed by atoms with Crippen LogP contribution >= 0.6 is 0 Å². The fourth-order valence-corrected chi connectivity index (χ4v) is 1.71. The molecule has 1 N–H and O–H groups in total. The van der Waals surface area contributed by atoms with Crippen molar-refractivity contribution in [2.24, 2.45) is 0 Å². The van der Waals surface area contributed by atoms with Gasteiger partial charge in [0.15, 0.2) is 5.78 Å². The molecule has 0 atom stereocenters. The number of methoxy groups -OCH3 is 1. The molecule has 0 heterocycles. The van der Waals surface area contributed by atoms with E-state index in [1.807, 2.05) is 0 Å². The van der Waals surface area contributed by atoms with Crippen LogP contribution in [0.1, 0.15) is 15.9 Å². The van der Waals surface area contributed by atoms with Gasteiger partial charge in [-0.2, -0.15) is 0 Å². The Morgan fingerprint density at radius 1 is 1.25 bits per heavy atom. The lowest BCUT2D eigenvalue weighted by Crippen LogP contribution is -1.95. The number of phenolic OH excluding ortho intramolecular Hbond substituents is 1. The summed E-state index contributed by atoms with van der Waals surface area (Å²) in [6.45, 7) is 0. The van der Waals surface area contributed by atoms with Crippen LogP contribution in [0.2, 0.25) is 0 Å². The number of hydrogen-bond acceptors (Lipinski definition) is 3. The molecule has 0 amide bonds. The van der Waals surface area contributed by atoms with Gasteiger partial charge in [0, 0.05) is 0 Å². The topological polar surface area (TPSA) is 46.5 Å². The highest BCUT2D eigenvalue weighted by atomic mass is 19.1. The molecule has 20 heavy (non-hydrogen) atoms. The minimum Gasteiger partial charge on any atom is -0.507 e. The molecule has 0 saturated heterocycles. The molecule has 0 bridgehead atoms. The molecule has 3 nitrogen and oxygen atoms in total. The highest BCUT2D eigenvalue weighted by Crippen LogP contribution is 2.20. The van der Waals surface area contributed by atoms with Crippen LogP contribution in [0.25, 0.3) is 6.08 Å². The zero-order valence-corrected chi connectivity index (χ0v) is 10.8. The second kappa shape index (κ2) is 6.02. The van der Waals surface area contributed by atoms with Crippen LogP contribution in [0.5, 0.6) is 11.5 Å². The number of phenols is 1. The number of aromatic hydroxyl groups is 1. The van der Waals surface area contributed by atoms with E-state index in [9.17, 15) is 14.3 Å². The molecule has 0 aliphatic carbocycles. The van der Waals surface area contributed by atoms with E-state index in [0.717, 1.165) is 23.8 Å². The lowest BCUT2D eigenvalue weighted by Gasteiger charge is -2.01. The second-order valence-corrected chi connectivity index (χ2v) is 4.14. The number of ether oxygens (including phenoxy) is 1. The fourth-order valence-electron chi connectivity index (χ4n) is 1.71. The molecule has 0 spiro atoms. The summed E-state index contributed by atoms with van der Waals surface area (Å²) in [6.07, 6.45) is 2.86. The van der Waals surface area contributed by atoms with Crippen LogP contribution in [0.4, 0.5) is 4.39 Å². The first kappa shape index (κ1) is 13.8. The number of carbonyl (C=O) groups is 1. The van der Waals surface area contributed by atoms with E-state index >= 15 is 0 Å². The van der Waals surface area contributed by atoms with Crippen molar-refractivity contribution < 1.29 is 19.0 Å². The van der Waals surface area contributed by atoms with Crippen LogP contribution in [-0.2, 0) is 0 Å². The van der Waals surface area contributed by atoms with Crippen LogP contribution in [-0.4, -0.2) is 18.0 Å². The Balaban J connectivity index is 2.22. The maximum atomic E-state index is 13.1. The van der Waals surface area contributed by atoms with Gasteiger partial charge in [-0.25, -0.2) is 4.39 Å². The summed E-state index contributed by atoms with van der Waals surface area (Å²) in [4.78, 5) is 11.9. The average Bonchev–Trinajstić information content (AvgIpc) is 2.47. The van der Waals surface area contributed by atoms with Crippen LogP contribution < -0.4 is 4.74 Å². The Kier molecular flexibility index (Phi) is 4.15. The summed E-state index contributed by atoms with van der Waals surface area (Å²) in [7, 11) is 1.55. The number of hydrogen-bond donors (Lipinski definition) is 1. The van der Waals surface area contributed by atoms with Crippen LogP contribution in [0.3, 0.4) is 0 Å². The normalized spacial score (nSPS) is 10.7. The number of ketones is 1. The zero-order chi connectivity index (χ0) is 14.5. The summed E-state index contributed by atoms with van der Waals surface area (Å²) in [5.74, 6) is -0.606. The first-order valence-electron chi connectivity index (χ1n) is 5.95. The van der Waals surface area contributed by atoms with E-state index in [4.69, 9.17) is 4.74 Å². The predicted octanol–water partition coefficient (Wildman–Crippen LogP) is 3.44. The Bertz CT molecular complexity index is 663. The van der Waals surface area contributed by atoms with Gasteiger partial charge in [-0.15, -0.1) is 0 Å². The largest absolute Gasteiger partial charge is 0.507 e. The van der Waals surface area contributed by atoms with Gasteiger partial charge >= 0.3 is 0 Å². The molecule has 0 saturated carbocycles. The highest BCUT2D eigenvalue weighted by molar-refractivity contribution is 6.08. The fraction of sp³-hybridized carbons (Fsp3) is 0.0625. The van der Waals surface area contributed by atoms with Gasteiger partial charge < -0.3 is 9.84 Å². The molecule has 2 aromatic carbocycles. The molecule has 0 fully saturated rings. The standard InChI is InChI=1S/C16H13FO3/c1-20-13-4-2-3-11(9-13)5-7-15(18)14-10-12(17)6-8-16(14)19/h2-10,19H,1H3/b7-5+. The van der Waals surface area contributed by atoms with E-state index in [1.54, 1.807) is 37.5 Å². The van der Waals surface area contributed by atoms with Crippen LogP contribution in [0.15, 0.2) is 48.5 Å². The van der Waals surface area contributed by atoms with Gasteiger partial charge in [0.1, 0.15) is 17.3 Å². The smallest absolute Gasteiger partial charge is 0.189 e. The van der Waals surface area contributed by atoms with Gasteiger partial charge in [-0.1, -0.05) is 18.2 Å². The first-order chi connectivity index (χ1) is 9.60. The number of carbonyl (C=O) groups excluding carboxylic acids is 1. The maximum Gasteiger partial charge on any atom is 0.189 e. The van der Waals surface area contributed by atoms with Gasteiger partial charge in [0.05, 0.1) is 12.7 Å². The van der Waals surface area contributed by atoms with Gasteiger partial charge in [-0.05, 0) is 42.0 Å². The SMILES string of the molecule is COc1cccc(/C=C/C(=O)c2cc(F)ccc2O)c1. The molecule has 0 aliphatic rings. The van der Waals surface area contributed by atoms with E-state index in [2.05, 4.69) is 0 Å². The van der Waals surface area contributed by atoms with Crippen molar-refractivity contribution >= 4 is 11.9 Å². The first-order valence-corrected chi connectivity index (χ1v) is 5.95. The van der Waals surface area contributed by atoms with Gasteiger partial charge in [0.2, 0.25) is 0 Å². The van der Waals surface area contributed by atoms with Crippen molar-refractivity contribution in [3.05, 3.63) is 65.5 Å². The summed E-state index contributed by atoms with van der Waals surface area (Å²) >= 11 is 0. The molecule has 0 aliphatic heterocycles. The lowest BCUT2D eigenvalue weighted by atomic mass is 10.1. The summed E-state index contributed by atoms with van der Waals surface area (Å²) < 4.78 is 18.1. The van der Waals surface area contributed by atoms with E-state index in [-0.39, 0.29) is 11.3 Å². The van der Waals surface area contributed by atoms with Crippen molar-refractivity contribution in [1.82, 2.24) is 0 Å². The number of rotatable bonds is 4. The Morgan fingerprint density at radius 2 is 2.05 bits per heavy atom. The molecule has 0 unspecified atom stereocenters. The average molecular weight is 272 g/mol. The van der Waals surface area contributed by atoms with Crippen molar-refractivity contribution in [3.8, 4) is 11.5 Å². The predicted molar refractivity (Wildman–Crippen MR) is 74.4 cm³/mol. The van der Waals surface area contributed by atoms with Crippen molar-refractivity contribution in [3.63, 3.8) is 0 Å². The minimum absolute atomic E-state index is 0.0656. The third-order valence-corrected chi connectivity index (χ3v) is 2.75. The number of benzene rings is 2. The summed E-state index contributed by atoms with van der Waals surface area (Å²) in [6, 6.07) is 10.4. The maximum absolute atomic E-state index is 13.1. The van der Waals surface area contributed by atoms with E-state index in [0.29, 0.717) is 5.75 Å². The Morgan fingerprint density at radius 3 is 2.80 bits per heavy atom. The molecule has 4 heteroatoms. The summed E-state index contributed by atoms with van der Waals surface area (Å²) in [5, 5.41) is 9.54. The molecule has 2 aromatic rings. The van der Waals surface area contributed by atoms with Crippen LogP contribution in [0, 0.1) is 5.82 Å². The van der Waals surface area contributed by atoms with Gasteiger partial charge in [0.25, 0.3) is 0 Å². The quantitative estimate of drug-likeness (QED) is 0.685. The Hall–Kier alpha value is -2.62. The number of allylic oxidation sites excluding steroid dienone is 1. The molecule has 102 valence electrons. The zero-order valence-electron chi connectivity index (χ0n) is 10.8. The lowest BCUT2D eigenvalue weighted by molar-refractivity contribution is 0.104. The van der Waals surface area contributed by atoms with Crippen molar-refractivity contribution in [1.29, 1.82) is 0 Å². The second-order valence-electron chi connectivity index (χ2n) is 4.14. The molecular weight excluding hydrogens is 259 g/mol. The molecule has 2 rings (SSSR count). The van der Waals surface area contributed by atoms with E-state index < -0.39 is 11.6 Å². The minimum atomic E-state index is -0.569. The van der Waals surface area contributed by atoms with Crippen molar-refractivity contribution in [2.45, 2.75) is 0 Å². The monoisotopic (exact) mass is 272 g/mol. The summed E-state index contributed by atoms with van der Waals surface area (Å²) in [5.41, 5.74) is 0.706. The van der Waals surface area contributed by atoms with Crippen molar-refractivity contribution in [2.75, 3.05) is 7.11 Å². The molecule has 0 aromatic heterocycles. The Labute approximate surface area is 115 Å². The van der Waals surface area contributed by atoms with Gasteiger partial charge in [-0.3, -0.25) is 4.79 Å². The molecule has 0 radical (unpaired) electrons. The van der Waals surface area contributed by atoms with E-state index in [1.165, 1.54) is 6.08 Å². The number of halogens is 1. The third-order valence-electron chi connectivity index (χ3n) is 2.75. The highest BCUT2D eigenvalue weighted by Gasteiger charge is 2.09.